The predicted octanol–water partition coefficient (Wildman–Crippen LogP) is 3.22. The van der Waals surface area contributed by atoms with Crippen LogP contribution in [-0.2, 0) is 13.2 Å². The zero-order chi connectivity index (χ0) is 14.5. The maximum atomic E-state index is 11.1. The van der Waals surface area contributed by atoms with E-state index in [1.165, 1.54) is 6.07 Å². The number of aliphatic hydroxyl groups excluding tert-OH is 1. The molecule has 0 atom stereocenters. The molecule has 4 nitrogen and oxygen atoms in total. The Hall–Kier alpha value is -1.85. The number of carboxylic acids is 1. The van der Waals surface area contributed by atoms with Crippen LogP contribution in [0.5, 0.6) is 5.75 Å². The quantitative estimate of drug-likeness (QED) is 0.879. The van der Waals surface area contributed by atoms with E-state index < -0.39 is 5.97 Å². The minimum atomic E-state index is -1.05. The molecule has 0 bridgehead atoms. The SMILES string of the molecule is O=C(O)c1cc(OCc2ccccc2)c(CO)cc1Br. The number of halogens is 1. The van der Waals surface area contributed by atoms with Crippen molar-refractivity contribution < 1.29 is 19.7 Å². The summed E-state index contributed by atoms with van der Waals surface area (Å²) in [7, 11) is 0. The second-order valence-electron chi connectivity index (χ2n) is 4.18. The Labute approximate surface area is 124 Å². The lowest BCUT2D eigenvalue weighted by atomic mass is 10.1. The molecule has 20 heavy (non-hydrogen) atoms. The lowest BCUT2D eigenvalue weighted by Gasteiger charge is -2.12. The second-order valence-corrected chi connectivity index (χ2v) is 5.03. The molecule has 5 heteroatoms. The van der Waals surface area contributed by atoms with Gasteiger partial charge in [-0.05, 0) is 33.6 Å². The summed E-state index contributed by atoms with van der Waals surface area (Å²) in [5.41, 5.74) is 1.61. The lowest BCUT2D eigenvalue weighted by Crippen LogP contribution is -2.03. The van der Waals surface area contributed by atoms with E-state index in [1.807, 2.05) is 30.3 Å². The van der Waals surface area contributed by atoms with Crippen LogP contribution in [0, 0.1) is 0 Å². The topological polar surface area (TPSA) is 66.8 Å². The first-order chi connectivity index (χ1) is 9.61. The maximum absolute atomic E-state index is 11.1. The summed E-state index contributed by atoms with van der Waals surface area (Å²) in [5, 5.41) is 18.4. The highest BCUT2D eigenvalue weighted by molar-refractivity contribution is 9.10. The van der Waals surface area contributed by atoms with Crippen LogP contribution in [0.1, 0.15) is 21.5 Å². The van der Waals surface area contributed by atoms with Gasteiger partial charge in [0.1, 0.15) is 12.4 Å². The van der Waals surface area contributed by atoms with Crippen molar-refractivity contribution in [1.82, 2.24) is 0 Å². The lowest BCUT2D eigenvalue weighted by molar-refractivity contribution is 0.0695. The molecule has 0 heterocycles. The summed E-state index contributed by atoms with van der Waals surface area (Å²) in [6.07, 6.45) is 0. The molecule has 0 unspecified atom stereocenters. The Balaban J connectivity index is 2.25. The largest absolute Gasteiger partial charge is 0.489 e. The zero-order valence-electron chi connectivity index (χ0n) is 10.5. The highest BCUT2D eigenvalue weighted by atomic mass is 79.9. The van der Waals surface area contributed by atoms with Crippen LogP contribution in [0.25, 0.3) is 0 Å². The Kier molecular flexibility index (Phi) is 4.76. The van der Waals surface area contributed by atoms with E-state index in [0.717, 1.165) is 5.56 Å². The monoisotopic (exact) mass is 336 g/mol. The third kappa shape index (κ3) is 3.37. The Morgan fingerprint density at radius 1 is 1.20 bits per heavy atom. The van der Waals surface area contributed by atoms with E-state index in [9.17, 15) is 9.90 Å². The van der Waals surface area contributed by atoms with Crippen molar-refractivity contribution in [2.75, 3.05) is 0 Å². The number of ether oxygens (including phenoxy) is 1. The van der Waals surface area contributed by atoms with Gasteiger partial charge < -0.3 is 14.9 Å². The first-order valence-corrected chi connectivity index (χ1v) is 6.74. The van der Waals surface area contributed by atoms with E-state index >= 15 is 0 Å². The Morgan fingerprint density at radius 2 is 1.90 bits per heavy atom. The van der Waals surface area contributed by atoms with E-state index in [4.69, 9.17) is 9.84 Å². The minimum absolute atomic E-state index is 0.102. The van der Waals surface area contributed by atoms with Gasteiger partial charge in [-0.25, -0.2) is 4.79 Å². The molecule has 0 amide bonds. The van der Waals surface area contributed by atoms with Gasteiger partial charge in [-0.3, -0.25) is 0 Å². The van der Waals surface area contributed by atoms with Crippen LogP contribution in [0.2, 0.25) is 0 Å². The highest BCUT2D eigenvalue weighted by Gasteiger charge is 2.14. The molecule has 104 valence electrons. The summed E-state index contributed by atoms with van der Waals surface area (Å²) in [6.45, 7) is 0.0944. The van der Waals surface area contributed by atoms with Crippen LogP contribution < -0.4 is 4.74 Å². The summed E-state index contributed by atoms with van der Waals surface area (Å²) >= 11 is 3.17. The van der Waals surface area contributed by atoms with E-state index in [0.29, 0.717) is 22.4 Å². The van der Waals surface area contributed by atoms with Gasteiger partial charge >= 0.3 is 5.97 Å². The van der Waals surface area contributed by atoms with Crippen molar-refractivity contribution in [3.05, 3.63) is 63.6 Å². The van der Waals surface area contributed by atoms with Crippen molar-refractivity contribution in [3.63, 3.8) is 0 Å². The predicted molar refractivity (Wildman–Crippen MR) is 77.8 cm³/mol. The average molecular weight is 337 g/mol. The Bertz CT molecular complexity index is 611. The molecular formula is C15H13BrO4. The average Bonchev–Trinajstić information content (AvgIpc) is 2.46. The van der Waals surface area contributed by atoms with Crippen molar-refractivity contribution in [2.24, 2.45) is 0 Å². The normalized spacial score (nSPS) is 10.3. The van der Waals surface area contributed by atoms with Crippen LogP contribution >= 0.6 is 15.9 Å². The van der Waals surface area contributed by atoms with Gasteiger partial charge in [-0.1, -0.05) is 30.3 Å². The molecule has 0 saturated carbocycles. The second kappa shape index (κ2) is 6.54. The minimum Gasteiger partial charge on any atom is -0.489 e. The number of aliphatic hydroxyl groups is 1. The summed E-state index contributed by atoms with van der Waals surface area (Å²) in [5.74, 6) is -0.678. The van der Waals surface area contributed by atoms with E-state index in [-0.39, 0.29) is 12.2 Å². The molecule has 2 N–H and O–H groups in total. The summed E-state index contributed by atoms with van der Waals surface area (Å²) in [4.78, 5) is 11.1. The standard InChI is InChI=1S/C15H13BrO4/c16-13-6-11(8-17)14(7-12(13)15(18)19)20-9-10-4-2-1-3-5-10/h1-7,17H,8-9H2,(H,18,19). The van der Waals surface area contributed by atoms with Crippen LogP contribution in [0.15, 0.2) is 46.9 Å². The number of hydrogen-bond donors (Lipinski definition) is 2. The summed E-state index contributed by atoms with van der Waals surface area (Å²) in [6, 6.07) is 12.5. The van der Waals surface area contributed by atoms with Crippen molar-refractivity contribution >= 4 is 21.9 Å². The van der Waals surface area contributed by atoms with Crippen LogP contribution in [0.4, 0.5) is 0 Å². The van der Waals surface area contributed by atoms with Gasteiger partial charge in [0.25, 0.3) is 0 Å². The van der Waals surface area contributed by atoms with Gasteiger partial charge in [-0.15, -0.1) is 0 Å². The maximum Gasteiger partial charge on any atom is 0.336 e. The molecule has 2 aromatic carbocycles. The fourth-order valence-corrected chi connectivity index (χ4v) is 2.31. The number of carboxylic acid groups (broad SMARTS) is 1. The molecule has 0 aliphatic rings. The van der Waals surface area contributed by atoms with Gasteiger partial charge in [0.2, 0.25) is 0 Å². The van der Waals surface area contributed by atoms with Crippen LogP contribution in [0.3, 0.4) is 0 Å². The molecule has 0 aliphatic carbocycles. The molecule has 2 rings (SSSR count). The number of aromatic carboxylic acids is 1. The number of hydrogen-bond acceptors (Lipinski definition) is 3. The molecule has 0 radical (unpaired) electrons. The fourth-order valence-electron chi connectivity index (χ4n) is 1.75. The van der Waals surface area contributed by atoms with Gasteiger partial charge in [-0.2, -0.15) is 0 Å². The number of rotatable bonds is 5. The molecule has 0 saturated heterocycles. The molecule has 0 aromatic heterocycles. The highest BCUT2D eigenvalue weighted by Crippen LogP contribution is 2.28. The number of benzene rings is 2. The first-order valence-electron chi connectivity index (χ1n) is 5.95. The third-order valence-electron chi connectivity index (χ3n) is 2.79. The number of carbonyl (C=O) groups is 1. The molecular weight excluding hydrogens is 324 g/mol. The zero-order valence-corrected chi connectivity index (χ0v) is 12.1. The van der Waals surface area contributed by atoms with Gasteiger partial charge in [0.05, 0.1) is 12.2 Å². The van der Waals surface area contributed by atoms with Crippen molar-refractivity contribution in [3.8, 4) is 5.75 Å². The van der Waals surface area contributed by atoms with Crippen molar-refractivity contribution in [1.29, 1.82) is 0 Å². The Morgan fingerprint density at radius 3 is 2.50 bits per heavy atom. The van der Waals surface area contributed by atoms with E-state index in [1.54, 1.807) is 6.07 Å². The summed E-state index contributed by atoms with van der Waals surface area (Å²) < 4.78 is 6.03. The molecule has 0 aliphatic heterocycles. The fraction of sp³-hybridized carbons (Fsp3) is 0.133. The first kappa shape index (κ1) is 14.6. The molecule has 0 fully saturated rings. The smallest absolute Gasteiger partial charge is 0.336 e. The van der Waals surface area contributed by atoms with Crippen LogP contribution in [-0.4, -0.2) is 16.2 Å². The van der Waals surface area contributed by atoms with Crippen molar-refractivity contribution in [2.45, 2.75) is 13.2 Å². The van der Waals surface area contributed by atoms with Gasteiger partial charge in [0, 0.05) is 10.0 Å². The molecule has 2 aromatic rings. The van der Waals surface area contributed by atoms with Gasteiger partial charge in [0.15, 0.2) is 0 Å². The molecule has 0 spiro atoms. The van der Waals surface area contributed by atoms with E-state index in [2.05, 4.69) is 15.9 Å². The third-order valence-corrected chi connectivity index (χ3v) is 3.44.